The van der Waals surface area contributed by atoms with Crippen LogP contribution in [-0.2, 0) is 6.42 Å². The lowest BCUT2D eigenvalue weighted by molar-refractivity contribution is 0.375. The topological polar surface area (TPSA) is 51.0 Å². The molecule has 0 fully saturated rings. The molecule has 1 aromatic heterocycles. The summed E-state index contributed by atoms with van der Waals surface area (Å²) >= 11 is 0. The number of nitrogens with zero attached hydrogens (tertiary/aromatic N) is 2. The molecule has 0 bridgehead atoms. The molecule has 1 heterocycles. The van der Waals surface area contributed by atoms with E-state index in [0.29, 0.717) is 5.89 Å². The minimum atomic E-state index is 0.671. The molecule has 0 saturated carbocycles. The average Bonchev–Trinajstić information content (AvgIpc) is 2.63. The van der Waals surface area contributed by atoms with Crippen molar-refractivity contribution in [2.45, 2.75) is 19.3 Å². The summed E-state index contributed by atoms with van der Waals surface area (Å²) in [4.78, 5) is 3.90. The van der Waals surface area contributed by atoms with Gasteiger partial charge in [-0.15, -0.1) is 12.3 Å². The zero-order valence-corrected chi connectivity index (χ0v) is 7.49. The Morgan fingerprint density at radius 1 is 1.54 bits per heavy atom. The smallest absolute Gasteiger partial charge is 0.227 e. The molecule has 0 unspecified atom stereocenters. The summed E-state index contributed by atoms with van der Waals surface area (Å²) in [6.07, 6.45) is 9.13. The van der Waals surface area contributed by atoms with E-state index in [-0.39, 0.29) is 0 Å². The van der Waals surface area contributed by atoms with Gasteiger partial charge < -0.3 is 9.84 Å². The van der Waals surface area contributed by atoms with Crippen LogP contribution >= 0.6 is 0 Å². The highest BCUT2D eigenvalue weighted by molar-refractivity contribution is 4.83. The van der Waals surface area contributed by atoms with Crippen LogP contribution in [0.1, 0.15) is 18.7 Å². The fourth-order valence-corrected chi connectivity index (χ4v) is 0.942. The van der Waals surface area contributed by atoms with Crippen molar-refractivity contribution >= 4 is 0 Å². The first-order valence-electron chi connectivity index (χ1n) is 4.33. The van der Waals surface area contributed by atoms with Crippen molar-refractivity contribution in [3.05, 3.63) is 12.2 Å². The van der Waals surface area contributed by atoms with E-state index in [1.165, 1.54) is 6.33 Å². The molecule has 0 aliphatic carbocycles. The SMILES string of the molecule is C#CCCCNCCc1ncno1. The van der Waals surface area contributed by atoms with E-state index in [1.807, 2.05) is 0 Å². The van der Waals surface area contributed by atoms with Crippen LogP contribution in [0.2, 0.25) is 0 Å². The zero-order valence-electron chi connectivity index (χ0n) is 7.49. The number of unbranched alkanes of at least 4 members (excludes halogenated alkanes) is 1. The first-order chi connectivity index (χ1) is 6.43. The van der Waals surface area contributed by atoms with Gasteiger partial charge in [0.1, 0.15) is 0 Å². The molecular formula is C9H13N3O. The van der Waals surface area contributed by atoms with Crippen LogP contribution in [-0.4, -0.2) is 23.2 Å². The van der Waals surface area contributed by atoms with E-state index < -0.39 is 0 Å². The first-order valence-corrected chi connectivity index (χ1v) is 4.33. The highest BCUT2D eigenvalue weighted by atomic mass is 16.5. The predicted octanol–water partition coefficient (Wildman–Crippen LogP) is 0.615. The third-order valence-corrected chi connectivity index (χ3v) is 1.60. The van der Waals surface area contributed by atoms with E-state index in [0.717, 1.165) is 32.4 Å². The fourth-order valence-electron chi connectivity index (χ4n) is 0.942. The number of nitrogens with one attached hydrogen (secondary N) is 1. The van der Waals surface area contributed by atoms with E-state index in [9.17, 15) is 0 Å². The molecule has 0 amide bonds. The van der Waals surface area contributed by atoms with Crippen molar-refractivity contribution in [3.63, 3.8) is 0 Å². The van der Waals surface area contributed by atoms with Crippen molar-refractivity contribution < 1.29 is 4.52 Å². The van der Waals surface area contributed by atoms with Gasteiger partial charge in [-0.2, -0.15) is 4.98 Å². The lowest BCUT2D eigenvalue weighted by Gasteiger charge is -1.99. The van der Waals surface area contributed by atoms with Gasteiger partial charge in [0.05, 0.1) is 0 Å². The van der Waals surface area contributed by atoms with Crippen LogP contribution in [0.15, 0.2) is 10.9 Å². The number of rotatable bonds is 6. The zero-order chi connectivity index (χ0) is 9.36. The Morgan fingerprint density at radius 3 is 3.15 bits per heavy atom. The molecule has 1 N–H and O–H groups in total. The Hall–Kier alpha value is -1.34. The second kappa shape index (κ2) is 6.21. The Balaban J connectivity index is 1.94. The van der Waals surface area contributed by atoms with Crippen LogP contribution in [0.4, 0.5) is 0 Å². The average molecular weight is 179 g/mol. The molecule has 0 aliphatic rings. The molecule has 0 radical (unpaired) electrons. The van der Waals surface area contributed by atoms with Crippen molar-refractivity contribution in [1.82, 2.24) is 15.5 Å². The summed E-state index contributed by atoms with van der Waals surface area (Å²) in [5, 5.41) is 6.75. The van der Waals surface area contributed by atoms with Crippen LogP contribution in [0.3, 0.4) is 0 Å². The molecule has 70 valence electrons. The largest absolute Gasteiger partial charge is 0.340 e. The van der Waals surface area contributed by atoms with Gasteiger partial charge in [0.25, 0.3) is 0 Å². The summed E-state index contributed by atoms with van der Waals surface area (Å²) in [7, 11) is 0. The lowest BCUT2D eigenvalue weighted by Crippen LogP contribution is -2.18. The minimum Gasteiger partial charge on any atom is -0.340 e. The van der Waals surface area contributed by atoms with Gasteiger partial charge in [-0.05, 0) is 13.0 Å². The predicted molar refractivity (Wildman–Crippen MR) is 48.9 cm³/mol. The van der Waals surface area contributed by atoms with Gasteiger partial charge in [0, 0.05) is 19.4 Å². The van der Waals surface area contributed by atoms with Crippen LogP contribution in [0, 0.1) is 12.3 Å². The maximum atomic E-state index is 5.11. The first kappa shape index (κ1) is 9.75. The van der Waals surface area contributed by atoms with Gasteiger partial charge in [-0.1, -0.05) is 5.16 Å². The highest BCUT2D eigenvalue weighted by Gasteiger charge is 1.96. The molecular weight excluding hydrogens is 166 g/mol. The second-order valence-electron chi connectivity index (χ2n) is 2.64. The minimum absolute atomic E-state index is 0.671. The van der Waals surface area contributed by atoms with Crippen LogP contribution in [0.5, 0.6) is 0 Å². The third kappa shape index (κ3) is 4.28. The molecule has 0 atom stereocenters. The monoisotopic (exact) mass is 179 g/mol. The Bertz CT molecular complexity index is 250. The standard InChI is InChI=1S/C9H13N3O/c1-2-3-4-6-10-7-5-9-11-8-12-13-9/h1,8,10H,3-7H2. The Morgan fingerprint density at radius 2 is 2.46 bits per heavy atom. The normalized spacial score (nSPS) is 9.77. The summed E-state index contributed by atoms with van der Waals surface area (Å²) in [5.41, 5.74) is 0. The molecule has 13 heavy (non-hydrogen) atoms. The Labute approximate surface area is 77.7 Å². The number of aromatic nitrogens is 2. The number of terminal acetylenes is 1. The number of hydrogen-bond donors (Lipinski definition) is 1. The summed E-state index contributed by atoms with van der Waals surface area (Å²) in [6, 6.07) is 0. The summed E-state index contributed by atoms with van der Waals surface area (Å²) in [5.74, 6) is 3.26. The molecule has 1 rings (SSSR count). The van der Waals surface area contributed by atoms with Gasteiger partial charge in [0.15, 0.2) is 6.33 Å². The van der Waals surface area contributed by atoms with Crippen molar-refractivity contribution in [2.75, 3.05) is 13.1 Å². The molecule has 0 spiro atoms. The Kier molecular flexibility index (Phi) is 4.65. The van der Waals surface area contributed by atoms with E-state index in [4.69, 9.17) is 10.9 Å². The molecule has 4 heteroatoms. The molecule has 4 nitrogen and oxygen atoms in total. The fraction of sp³-hybridized carbons (Fsp3) is 0.556. The van der Waals surface area contributed by atoms with Crippen LogP contribution < -0.4 is 5.32 Å². The third-order valence-electron chi connectivity index (χ3n) is 1.60. The molecule has 0 aliphatic heterocycles. The van der Waals surface area contributed by atoms with Crippen molar-refractivity contribution in [1.29, 1.82) is 0 Å². The lowest BCUT2D eigenvalue weighted by atomic mass is 10.3. The van der Waals surface area contributed by atoms with Gasteiger partial charge in [0.2, 0.25) is 5.89 Å². The molecule has 1 aromatic rings. The van der Waals surface area contributed by atoms with Crippen LogP contribution in [0.25, 0.3) is 0 Å². The van der Waals surface area contributed by atoms with Crippen molar-refractivity contribution in [3.8, 4) is 12.3 Å². The van der Waals surface area contributed by atoms with E-state index in [1.54, 1.807) is 0 Å². The van der Waals surface area contributed by atoms with Crippen molar-refractivity contribution in [2.24, 2.45) is 0 Å². The maximum absolute atomic E-state index is 5.11. The van der Waals surface area contributed by atoms with E-state index in [2.05, 4.69) is 21.4 Å². The molecule has 0 aromatic carbocycles. The number of hydrogen-bond acceptors (Lipinski definition) is 4. The molecule has 0 saturated heterocycles. The van der Waals surface area contributed by atoms with Gasteiger partial charge >= 0.3 is 0 Å². The maximum Gasteiger partial charge on any atom is 0.227 e. The summed E-state index contributed by atoms with van der Waals surface area (Å²) in [6.45, 7) is 1.80. The second-order valence-corrected chi connectivity index (χ2v) is 2.64. The highest BCUT2D eigenvalue weighted by Crippen LogP contribution is 1.90. The quantitative estimate of drug-likeness (QED) is 0.513. The van der Waals surface area contributed by atoms with Gasteiger partial charge in [-0.3, -0.25) is 0 Å². The van der Waals surface area contributed by atoms with Gasteiger partial charge in [-0.25, -0.2) is 0 Å². The van der Waals surface area contributed by atoms with E-state index >= 15 is 0 Å². The summed E-state index contributed by atoms with van der Waals surface area (Å²) < 4.78 is 4.83.